The first-order valence-electron chi connectivity index (χ1n) is 9.32. The quantitative estimate of drug-likeness (QED) is 0.831. The first-order chi connectivity index (χ1) is 12.0. The van der Waals surface area contributed by atoms with Crippen LogP contribution in [0, 0.1) is 19.8 Å². The van der Waals surface area contributed by atoms with E-state index in [1.807, 2.05) is 32.0 Å². The zero-order chi connectivity index (χ0) is 17.8. The number of carbonyl (C=O) groups excluding carboxylic acids is 1. The topological polar surface area (TPSA) is 51.2 Å². The van der Waals surface area contributed by atoms with Crippen molar-refractivity contribution in [3.8, 4) is 0 Å². The Labute approximate surface area is 150 Å². The van der Waals surface area contributed by atoms with Crippen molar-refractivity contribution in [3.05, 3.63) is 41.1 Å². The summed E-state index contributed by atoms with van der Waals surface area (Å²) < 4.78 is 5.97. The fourth-order valence-electron chi connectivity index (χ4n) is 3.62. The third-order valence-electron chi connectivity index (χ3n) is 5.16. The van der Waals surface area contributed by atoms with Gasteiger partial charge in [-0.25, -0.2) is 0 Å². The summed E-state index contributed by atoms with van der Waals surface area (Å²) in [7, 11) is 0. The van der Waals surface area contributed by atoms with Gasteiger partial charge in [-0.2, -0.15) is 0 Å². The number of carbonyl (C=O) groups is 1. The Morgan fingerprint density at radius 2 is 2.04 bits per heavy atom. The van der Waals surface area contributed by atoms with Gasteiger partial charge in [-0.1, -0.05) is 31.4 Å². The Balaban J connectivity index is 1.57. The minimum Gasteiger partial charge on any atom is -0.376 e. The third-order valence-corrected chi connectivity index (χ3v) is 5.16. The van der Waals surface area contributed by atoms with Crippen LogP contribution in [0.5, 0.6) is 0 Å². The lowest BCUT2D eigenvalue weighted by molar-refractivity contribution is -0.00294. The molecule has 3 rings (SSSR count). The summed E-state index contributed by atoms with van der Waals surface area (Å²) >= 11 is 0. The summed E-state index contributed by atoms with van der Waals surface area (Å²) in [6, 6.07) is 8.03. The molecule has 0 unspecified atom stereocenters. The molecular formula is C21H28N2O2. The van der Waals surface area contributed by atoms with Crippen LogP contribution in [0.25, 0.3) is 10.9 Å². The average molecular weight is 340 g/mol. The molecule has 134 valence electrons. The van der Waals surface area contributed by atoms with E-state index in [1.54, 1.807) is 0 Å². The number of fused-ring (bicyclic) bond motifs is 1. The number of aryl methyl sites for hydroxylation is 2. The van der Waals surface area contributed by atoms with E-state index in [2.05, 4.69) is 23.3 Å². The van der Waals surface area contributed by atoms with Gasteiger partial charge in [0.2, 0.25) is 0 Å². The first kappa shape index (κ1) is 17.9. The fraction of sp³-hybridized carbons (Fsp3) is 0.524. The molecule has 0 aliphatic heterocycles. The van der Waals surface area contributed by atoms with Crippen molar-refractivity contribution in [1.29, 1.82) is 0 Å². The van der Waals surface area contributed by atoms with E-state index in [0.29, 0.717) is 30.7 Å². The first-order valence-corrected chi connectivity index (χ1v) is 9.32. The molecule has 2 atom stereocenters. The van der Waals surface area contributed by atoms with E-state index in [0.717, 1.165) is 23.0 Å². The molecule has 1 fully saturated rings. The zero-order valence-electron chi connectivity index (χ0n) is 15.5. The van der Waals surface area contributed by atoms with Crippen molar-refractivity contribution < 1.29 is 9.53 Å². The third kappa shape index (κ3) is 4.37. The van der Waals surface area contributed by atoms with Crippen LogP contribution >= 0.6 is 0 Å². The van der Waals surface area contributed by atoms with Crippen LogP contribution in [0.2, 0.25) is 0 Å². The lowest BCUT2D eigenvalue weighted by atomic mass is 9.88. The molecule has 4 heteroatoms. The Kier molecular flexibility index (Phi) is 5.69. The standard InChI is InChI=1S/C21H28N2O2/c1-14-8-9-19-17(12-14)13-18(16(3)23-19)21(24)22-10-11-25-20-7-5-4-6-15(20)2/h8-9,12-13,15,20H,4-7,10-11H2,1-3H3,(H,22,24)/t15-,20-/m0/s1. The Bertz CT molecular complexity index is 757. The van der Waals surface area contributed by atoms with Crippen LogP contribution in [0.1, 0.15) is 54.2 Å². The van der Waals surface area contributed by atoms with Gasteiger partial charge in [-0.3, -0.25) is 9.78 Å². The number of nitrogens with one attached hydrogen (secondary N) is 1. The van der Waals surface area contributed by atoms with Gasteiger partial charge in [0.25, 0.3) is 5.91 Å². The predicted molar refractivity (Wildman–Crippen MR) is 101 cm³/mol. The van der Waals surface area contributed by atoms with E-state index in [-0.39, 0.29) is 5.91 Å². The summed E-state index contributed by atoms with van der Waals surface area (Å²) in [5, 5.41) is 3.97. The largest absolute Gasteiger partial charge is 0.376 e. The smallest absolute Gasteiger partial charge is 0.253 e. The van der Waals surface area contributed by atoms with Gasteiger partial charge in [0.15, 0.2) is 0 Å². The van der Waals surface area contributed by atoms with Crippen molar-refractivity contribution in [2.45, 2.75) is 52.6 Å². The second kappa shape index (κ2) is 7.96. The molecule has 1 aliphatic carbocycles. The van der Waals surface area contributed by atoms with Crippen LogP contribution in [0.4, 0.5) is 0 Å². The number of hydrogen-bond acceptors (Lipinski definition) is 3. The maximum Gasteiger partial charge on any atom is 0.253 e. The van der Waals surface area contributed by atoms with E-state index < -0.39 is 0 Å². The van der Waals surface area contributed by atoms with Crippen LogP contribution in [0.3, 0.4) is 0 Å². The summed E-state index contributed by atoms with van der Waals surface area (Å²) in [6.45, 7) is 7.29. The van der Waals surface area contributed by atoms with Gasteiger partial charge in [0, 0.05) is 11.9 Å². The van der Waals surface area contributed by atoms with Crippen molar-refractivity contribution in [2.75, 3.05) is 13.2 Å². The summed E-state index contributed by atoms with van der Waals surface area (Å²) in [6.07, 6.45) is 5.30. The predicted octanol–water partition coefficient (Wildman–Crippen LogP) is 4.18. The molecule has 0 saturated heterocycles. The number of pyridine rings is 1. The van der Waals surface area contributed by atoms with E-state index in [9.17, 15) is 4.79 Å². The summed E-state index contributed by atoms with van der Waals surface area (Å²) in [5.41, 5.74) is 3.49. The maximum atomic E-state index is 12.5. The number of ether oxygens (including phenoxy) is 1. The van der Waals surface area contributed by atoms with Gasteiger partial charge in [-0.15, -0.1) is 0 Å². The highest BCUT2D eigenvalue weighted by molar-refractivity contribution is 5.98. The van der Waals surface area contributed by atoms with Crippen LogP contribution in [0.15, 0.2) is 24.3 Å². The number of benzene rings is 1. The second-order valence-electron chi connectivity index (χ2n) is 7.24. The van der Waals surface area contributed by atoms with Crippen molar-refractivity contribution in [1.82, 2.24) is 10.3 Å². The van der Waals surface area contributed by atoms with Gasteiger partial charge in [0.1, 0.15) is 0 Å². The fourth-order valence-corrected chi connectivity index (χ4v) is 3.62. The Hall–Kier alpha value is -1.94. The maximum absolute atomic E-state index is 12.5. The van der Waals surface area contributed by atoms with E-state index >= 15 is 0 Å². The van der Waals surface area contributed by atoms with Crippen molar-refractivity contribution >= 4 is 16.8 Å². The summed E-state index contributed by atoms with van der Waals surface area (Å²) in [4.78, 5) is 17.1. The zero-order valence-corrected chi connectivity index (χ0v) is 15.5. The monoisotopic (exact) mass is 340 g/mol. The van der Waals surface area contributed by atoms with Crippen LogP contribution in [-0.4, -0.2) is 30.1 Å². The number of aromatic nitrogens is 1. The van der Waals surface area contributed by atoms with E-state index in [4.69, 9.17) is 4.74 Å². The van der Waals surface area contributed by atoms with Crippen LogP contribution in [-0.2, 0) is 4.74 Å². The second-order valence-corrected chi connectivity index (χ2v) is 7.24. The highest BCUT2D eigenvalue weighted by Crippen LogP contribution is 2.26. The molecule has 1 aromatic carbocycles. The Morgan fingerprint density at radius 3 is 2.84 bits per heavy atom. The molecule has 0 bridgehead atoms. The Morgan fingerprint density at radius 1 is 1.24 bits per heavy atom. The van der Waals surface area contributed by atoms with Crippen molar-refractivity contribution in [3.63, 3.8) is 0 Å². The molecule has 25 heavy (non-hydrogen) atoms. The molecule has 4 nitrogen and oxygen atoms in total. The molecule has 1 heterocycles. The lowest BCUT2D eigenvalue weighted by Gasteiger charge is -2.28. The minimum atomic E-state index is -0.0753. The van der Waals surface area contributed by atoms with Gasteiger partial charge >= 0.3 is 0 Å². The van der Waals surface area contributed by atoms with Crippen LogP contribution < -0.4 is 5.32 Å². The number of hydrogen-bond donors (Lipinski definition) is 1. The molecule has 1 amide bonds. The molecular weight excluding hydrogens is 312 g/mol. The molecule has 0 radical (unpaired) electrons. The molecule has 1 aliphatic rings. The van der Waals surface area contributed by atoms with Crippen molar-refractivity contribution in [2.24, 2.45) is 5.92 Å². The number of rotatable bonds is 5. The highest BCUT2D eigenvalue weighted by atomic mass is 16.5. The highest BCUT2D eigenvalue weighted by Gasteiger charge is 2.21. The van der Waals surface area contributed by atoms with E-state index in [1.165, 1.54) is 24.8 Å². The molecule has 1 N–H and O–H groups in total. The number of amides is 1. The van der Waals surface area contributed by atoms with Gasteiger partial charge in [0.05, 0.1) is 29.5 Å². The number of nitrogens with zero attached hydrogens (tertiary/aromatic N) is 1. The molecule has 1 saturated carbocycles. The molecule has 2 aromatic rings. The molecule has 0 spiro atoms. The minimum absolute atomic E-state index is 0.0753. The summed E-state index contributed by atoms with van der Waals surface area (Å²) in [5.74, 6) is 0.549. The average Bonchev–Trinajstić information content (AvgIpc) is 2.59. The lowest BCUT2D eigenvalue weighted by Crippen LogP contribution is -2.32. The van der Waals surface area contributed by atoms with Gasteiger partial charge < -0.3 is 10.1 Å². The SMILES string of the molecule is Cc1ccc2nc(C)c(C(=O)NCCO[C@H]3CCCC[C@@H]3C)cc2c1. The molecule has 1 aromatic heterocycles. The normalized spacial score (nSPS) is 20.6. The van der Waals surface area contributed by atoms with Gasteiger partial charge in [-0.05, 0) is 50.8 Å².